The first-order chi connectivity index (χ1) is 19.5. The van der Waals surface area contributed by atoms with Gasteiger partial charge >= 0.3 is 0 Å². The van der Waals surface area contributed by atoms with Crippen molar-refractivity contribution < 1.29 is 0 Å². The minimum Gasteiger partial charge on any atom is -0.362 e. The molecule has 0 saturated heterocycles. The third-order valence-electron chi connectivity index (χ3n) is 9.45. The molecule has 3 aliphatic rings. The van der Waals surface area contributed by atoms with E-state index < -0.39 is 0 Å². The second-order valence-corrected chi connectivity index (χ2v) is 11.4. The molecule has 4 nitrogen and oxygen atoms in total. The zero-order chi connectivity index (χ0) is 28.6. The van der Waals surface area contributed by atoms with E-state index in [-0.39, 0.29) is 0 Å². The summed E-state index contributed by atoms with van der Waals surface area (Å²) in [7, 11) is 0. The van der Waals surface area contributed by atoms with Crippen molar-refractivity contribution in [2.24, 2.45) is 0 Å². The van der Waals surface area contributed by atoms with Gasteiger partial charge in [0.2, 0.25) is 0 Å². The number of H-pyrrole nitrogens is 2. The van der Waals surface area contributed by atoms with Crippen LogP contribution >= 0.6 is 0 Å². The van der Waals surface area contributed by atoms with Crippen LogP contribution in [0.25, 0.3) is 33.3 Å². The van der Waals surface area contributed by atoms with Gasteiger partial charge in [-0.1, -0.05) is 55.4 Å². The number of fused-ring (bicyclic) bond motifs is 8. The topological polar surface area (TPSA) is 57.4 Å². The van der Waals surface area contributed by atoms with Crippen LogP contribution in [-0.2, 0) is 12.8 Å². The Hall–Kier alpha value is -3.14. The number of aryl methyl sites for hydroxylation is 2. The molecule has 5 rings (SSSR count). The molecule has 0 saturated carbocycles. The first-order valence-electron chi connectivity index (χ1n) is 16.0. The molecule has 4 heteroatoms. The molecule has 8 bridgehead atoms. The molecule has 2 N–H and O–H groups in total. The molecule has 0 aliphatic carbocycles. The lowest BCUT2D eigenvalue weighted by Gasteiger charge is -2.17. The summed E-state index contributed by atoms with van der Waals surface area (Å²) in [4.78, 5) is 18.4. The van der Waals surface area contributed by atoms with Crippen LogP contribution in [-0.4, -0.2) is 19.9 Å². The summed E-state index contributed by atoms with van der Waals surface area (Å²) in [5.74, 6) is 0.929. The molecule has 0 fully saturated rings. The molecule has 3 aliphatic heterocycles. The van der Waals surface area contributed by atoms with Crippen LogP contribution in [0.2, 0.25) is 0 Å². The highest BCUT2D eigenvalue weighted by molar-refractivity contribution is 5.94. The van der Waals surface area contributed by atoms with E-state index in [4.69, 9.17) is 9.97 Å². The minimum atomic E-state index is 0.465. The minimum absolute atomic E-state index is 0.465. The molecule has 0 aromatic carbocycles. The number of nitrogens with zero attached hydrogens (tertiary/aromatic N) is 2. The summed E-state index contributed by atoms with van der Waals surface area (Å²) in [6, 6.07) is 9.38. The maximum Gasteiger partial charge on any atom is 0.0693 e. The zero-order valence-electron chi connectivity index (χ0n) is 26.0. The highest BCUT2D eigenvalue weighted by Crippen LogP contribution is 2.44. The fraction of sp³-hybridized carbons (Fsp3) is 0.500. The molecule has 2 unspecified atom stereocenters. The Bertz CT molecular complexity index is 1430. The third-order valence-corrected chi connectivity index (χ3v) is 9.45. The number of hydrogen-bond donors (Lipinski definition) is 2. The van der Waals surface area contributed by atoms with E-state index in [0.717, 1.165) is 74.1 Å². The Morgan fingerprint density at radius 1 is 0.475 bits per heavy atom. The maximum absolute atomic E-state index is 5.32. The lowest BCUT2D eigenvalue weighted by Crippen LogP contribution is -2.03. The third kappa shape index (κ3) is 4.63. The molecule has 5 heterocycles. The van der Waals surface area contributed by atoms with Gasteiger partial charge in [0.1, 0.15) is 0 Å². The summed E-state index contributed by atoms with van der Waals surface area (Å²) in [5.41, 5.74) is 17.9. The molecule has 2 atom stereocenters. The molecular weight excluding hydrogens is 488 g/mol. The highest BCUT2D eigenvalue weighted by atomic mass is 14.8. The number of aromatic amines is 2. The Kier molecular flexibility index (Phi) is 8.35. The fourth-order valence-corrected chi connectivity index (χ4v) is 7.53. The van der Waals surface area contributed by atoms with E-state index in [1.165, 1.54) is 55.8 Å². The molecule has 0 amide bonds. The van der Waals surface area contributed by atoms with Crippen molar-refractivity contribution in [3.05, 3.63) is 69.6 Å². The Balaban J connectivity index is 1.97. The van der Waals surface area contributed by atoms with Gasteiger partial charge in [0, 0.05) is 34.3 Å². The van der Waals surface area contributed by atoms with Crippen molar-refractivity contribution in [1.29, 1.82) is 0 Å². The van der Waals surface area contributed by atoms with Crippen LogP contribution in [0.5, 0.6) is 0 Å². The predicted molar refractivity (Wildman–Crippen MR) is 172 cm³/mol. The van der Waals surface area contributed by atoms with Gasteiger partial charge in [-0.15, -0.1) is 0 Å². The summed E-state index contributed by atoms with van der Waals surface area (Å²) < 4.78 is 0. The quantitative estimate of drug-likeness (QED) is 0.352. The van der Waals surface area contributed by atoms with Gasteiger partial charge in [0.25, 0.3) is 0 Å². The average Bonchev–Trinajstić information content (AvgIpc) is 3.67. The number of nitrogens with one attached hydrogen (secondary N) is 2. The number of hydrogen-bond acceptors (Lipinski definition) is 2. The predicted octanol–water partition coefficient (Wildman–Crippen LogP) is 10.3. The van der Waals surface area contributed by atoms with Crippen LogP contribution in [0.4, 0.5) is 0 Å². The summed E-state index contributed by atoms with van der Waals surface area (Å²) >= 11 is 0. The van der Waals surface area contributed by atoms with Crippen LogP contribution in [0, 0.1) is 0 Å². The van der Waals surface area contributed by atoms with Crippen molar-refractivity contribution in [2.45, 2.75) is 119 Å². The molecule has 40 heavy (non-hydrogen) atoms. The van der Waals surface area contributed by atoms with Crippen molar-refractivity contribution in [2.75, 3.05) is 0 Å². The largest absolute Gasteiger partial charge is 0.362 e. The molecular formula is C36H48N4. The molecule has 0 radical (unpaired) electrons. The van der Waals surface area contributed by atoms with Crippen LogP contribution in [0.15, 0.2) is 24.3 Å². The van der Waals surface area contributed by atoms with Crippen LogP contribution < -0.4 is 0 Å². The van der Waals surface area contributed by atoms with Crippen molar-refractivity contribution in [3.8, 4) is 0 Å². The maximum atomic E-state index is 5.32. The molecule has 212 valence electrons. The van der Waals surface area contributed by atoms with Gasteiger partial charge in [0.05, 0.1) is 22.8 Å². The van der Waals surface area contributed by atoms with E-state index in [2.05, 4.69) is 89.6 Å². The van der Waals surface area contributed by atoms with Gasteiger partial charge in [-0.3, -0.25) is 0 Å². The Morgan fingerprint density at radius 2 is 0.825 bits per heavy atom. The van der Waals surface area contributed by atoms with Crippen molar-refractivity contribution in [3.63, 3.8) is 0 Å². The van der Waals surface area contributed by atoms with Gasteiger partial charge in [-0.2, -0.15) is 0 Å². The first-order valence-corrected chi connectivity index (χ1v) is 16.0. The monoisotopic (exact) mass is 536 g/mol. The van der Waals surface area contributed by atoms with Gasteiger partial charge < -0.3 is 9.97 Å². The number of allylic oxidation sites excluding steroid dienone is 4. The fourth-order valence-electron chi connectivity index (χ4n) is 7.53. The summed E-state index contributed by atoms with van der Waals surface area (Å²) in [6.45, 7) is 18.3. The second-order valence-electron chi connectivity index (χ2n) is 11.4. The standard InChI is InChI=1S/C36H48N4/c1-9-21-22(10-2)30-18-32-25(13-5)26(14-6)34(39-32)20-36-28(16-8)27(15-7)35(40-36)19-33-24(12-4)23(11-3)31(38-33)17-29(21)37-30/h17-22,37,40H,9-16H2,1-8H3. The van der Waals surface area contributed by atoms with E-state index in [1.54, 1.807) is 0 Å². The lowest BCUT2D eigenvalue weighted by molar-refractivity contribution is 0.532. The van der Waals surface area contributed by atoms with E-state index in [0.29, 0.717) is 11.8 Å². The summed E-state index contributed by atoms with van der Waals surface area (Å²) in [6.07, 6.45) is 8.15. The van der Waals surface area contributed by atoms with Crippen molar-refractivity contribution in [1.82, 2.24) is 19.9 Å². The smallest absolute Gasteiger partial charge is 0.0693 e. The van der Waals surface area contributed by atoms with Gasteiger partial charge in [-0.25, -0.2) is 9.97 Å². The highest BCUT2D eigenvalue weighted by Gasteiger charge is 2.30. The molecule has 2 aromatic heterocycles. The zero-order valence-corrected chi connectivity index (χ0v) is 26.0. The first kappa shape index (κ1) is 28.4. The van der Waals surface area contributed by atoms with Gasteiger partial charge in [-0.05, 0) is 109 Å². The normalized spacial score (nSPS) is 18.1. The number of rotatable bonds is 8. The van der Waals surface area contributed by atoms with E-state index in [9.17, 15) is 0 Å². The van der Waals surface area contributed by atoms with Crippen molar-refractivity contribution >= 4 is 33.3 Å². The van der Waals surface area contributed by atoms with Gasteiger partial charge in [0.15, 0.2) is 0 Å². The Labute approximate surface area is 241 Å². The average molecular weight is 537 g/mol. The van der Waals surface area contributed by atoms with Crippen LogP contribution in [0.1, 0.15) is 151 Å². The molecule has 0 spiro atoms. The SMILES string of the molecule is CCC1=C(CC)c2cc3[nH]c(cc4nc(cc5[nH]c(cc1n2)C(CC)C5CC)C(CC)=C4CC)c(CC)c3CC. The molecule has 2 aromatic rings. The Morgan fingerprint density at radius 3 is 1.12 bits per heavy atom. The van der Waals surface area contributed by atoms with Crippen LogP contribution in [0.3, 0.4) is 0 Å². The number of aromatic nitrogens is 4. The second kappa shape index (κ2) is 11.8. The van der Waals surface area contributed by atoms with E-state index >= 15 is 0 Å². The van der Waals surface area contributed by atoms with E-state index in [1.807, 2.05) is 0 Å². The summed E-state index contributed by atoms with van der Waals surface area (Å²) in [5, 5.41) is 0. The lowest BCUT2D eigenvalue weighted by atomic mass is 9.85.